The zero-order valence-corrected chi connectivity index (χ0v) is 14.7. The molecule has 1 saturated heterocycles. The van der Waals surface area contributed by atoms with E-state index in [0.717, 1.165) is 24.2 Å². The molecule has 2 bridgehead atoms. The number of Topliss-reactive ketones (excluding diaryl/α,β-unsaturated/α-hetero) is 1. The number of rotatable bonds is 2. The van der Waals surface area contributed by atoms with Crippen LogP contribution >= 0.6 is 12.4 Å². The first kappa shape index (κ1) is 16.9. The van der Waals surface area contributed by atoms with Crippen molar-refractivity contribution in [1.82, 2.24) is 4.90 Å². The van der Waals surface area contributed by atoms with Gasteiger partial charge in [0, 0.05) is 31.1 Å². The van der Waals surface area contributed by atoms with Gasteiger partial charge in [0.15, 0.2) is 23.4 Å². The number of phenols is 1. The Morgan fingerprint density at radius 2 is 2.20 bits per heavy atom. The Kier molecular flexibility index (Phi) is 3.53. The zero-order valence-electron chi connectivity index (χ0n) is 13.9. The highest BCUT2D eigenvalue weighted by Gasteiger charge is 2.72. The highest BCUT2D eigenvalue weighted by Crippen LogP contribution is 2.64. The van der Waals surface area contributed by atoms with Gasteiger partial charge in [0.2, 0.25) is 0 Å². The first-order valence-corrected chi connectivity index (χ1v) is 8.65. The number of likely N-dealkylation sites (tertiary alicyclic amines) is 1. The van der Waals surface area contributed by atoms with Crippen LogP contribution in [0.2, 0.25) is 0 Å². The monoisotopic (exact) mass is 363 g/mol. The Balaban J connectivity index is 0.00000157. The Hall–Kier alpha value is -1.56. The smallest absolute Gasteiger partial charge is 0.174 e. The molecular weight excluding hydrogens is 342 g/mol. The minimum atomic E-state index is -1.00. The average Bonchev–Trinajstić information content (AvgIpc) is 2.91. The summed E-state index contributed by atoms with van der Waals surface area (Å²) in [5, 5.41) is 22.1. The van der Waals surface area contributed by atoms with Crippen LogP contribution in [-0.2, 0) is 16.6 Å². The molecule has 25 heavy (non-hydrogen) atoms. The summed E-state index contributed by atoms with van der Waals surface area (Å²) in [6.45, 7) is 5.36. The molecule has 0 radical (unpaired) electrons. The molecule has 134 valence electrons. The lowest BCUT2D eigenvalue weighted by atomic mass is 9.49. The second-order valence-corrected chi connectivity index (χ2v) is 7.56. The number of halogens is 1. The van der Waals surface area contributed by atoms with Gasteiger partial charge >= 0.3 is 0 Å². The summed E-state index contributed by atoms with van der Waals surface area (Å²) < 4.78 is 5.98. The van der Waals surface area contributed by atoms with Gasteiger partial charge in [0.05, 0.1) is 11.0 Å². The third-order valence-corrected chi connectivity index (χ3v) is 6.73. The van der Waals surface area contributed by atoms with Crippen LogP contribution in [-0.4, -0.2) is 51.7 Å². The summed E-state index contributed by atoms with van der Waals surface area (Å²) in [6, 6.07) is 3.52. The molecule has 2 N–H and O–H groups in total. The van der Waals surface area contributed by atoms with Gasteiger partial charge in [0.1, 0.15) is 0 Å². The molecule has 2 heterocycles. The van der Waals surface area contributed by atoms with E-state index < -0.39 is 17.1 Å². The SMILES string of the molecule is C=CCN1CC[C@]23c4c5ccc(O)c4OC2C(=O)CCC3(O)[C@H]1C5.Cl. The van der Waals surface area contributed by atoms with Gasteiger partial charge in [-0.3, -0.25) is 9.69 Å². The summed E-state index contributed by atoms with van der Waals surface area (Å²) in [4.78, 5) is 14.9. The van der Waals surface area contributed by atoms with E-state index in [1.165, 1.54) is 0 Å². The number of carbonyl (C=O) groups excluding carboxylic acids is 1. The lowest BCUT2D eigenvalue weighted by Crippen LogP contribution is -2.76. The van der Waals surface area contributed by atoms with E-state index in [9.17, 15) is 15.0 Å². The number of ether oxygens (including phenoxy) is 1. The Morgan fingerprint density at radius 1 is 1.40 bits per heavy atom. The average molecular weight is 364 g/mol. The minimum Gasteiger partial charge on any atom is -0.504 e. The number of hydrogen-bond donors (Lipinski definition) is 2. The second kappa shape index (κ2) is 5.22. The number of aliphatic hydroxyl groups is 1. The molecule has 0 amide bonds. The number of carbonyl (C=O) groups is 1. The van der Waals surface area contributed by atoms with Crippen molar-refractivity contribution in [2.45, 2.75) is 48.8 Å². The van der Waals surface area contributed by atoms with Crippen molar-refractivity contribution in [3.05, 3.63) is 35.9 Å². The molecule has 2 aliphatic carbocycles. The summed E-state index contributed by atoms with van der Waals surface area (Å²) in [5.41, 5.74) is 0.256. The van der Waals surface area contributed by atoms with Gasteiger partial charge in [-0.1, -0.05) is 12.1 Å². The number of nitrogens with zero attached hydrogens (tertiary/aromatic N) is 1. The number of aromatic hydroxyl groups is 1. The molecule has 5 rings (SSSR count). The quantitative estimate of drug-likeness (QED) is 0.783. The minimum absolute atomic E-state index is 0. The predicted octanol–water partition coefficient (Wildman–Crippen LogP) is 1.72. The van der Waals surface area contributed by atoms with Crippen LogP contribution in [0, 0.1) is 0 Å². The van der Waals surface area contributed by atoms with E-state index >= 15 is 0 Å². The molecule has 4 aliphatic rings. The van der Waals surface area contributed by atoms with Gasteiger partial charge < -0.3 is 14.9 Å². The third-order valence-electron chi connectivity index (χ3n) is 6.73. The largest absolute Gasteiger partial charge is 0.504 e. The number of hydrogen-bond acceptors (Lipinski definition) is 5. The summed E-state index contributed by atoms with van der Waals surface area (Å²) in [6.07, 6.45) is 3.35. The molecule has 1 saturated carbocycles. The van der Waals surface area contributed by atoms with Gasteiger partial charge in [-0.25, -0.2) is 0 Å². The molecule has 1 spiro atoms. The van der Waals surface area contributed by atoms with Crippen molar-refractivity contribution in [2.75, 3.05) is 13.1 Å². The molecule has 2 unspecified atom stereocenters. The Bertz CT molecular complexity index is 781. The van der Waals surface area contributed by atoms with Crippen LogP contribution in [0.4, 0.5) is 0 Å². The zero-order chi connectivity index (χ0) is 16.7. The third kappa shape index (κ3) is 1.74. The first-order chi connectivity index (χ1) is 11.5. The number of benzene rings is 1. The maximum atomic E-state index is 12.6. The predicted molar refractivity (Wildman–Crippen MR) is 94.5 cm³/mol. The van der Waals surface area contributed by atoms with Gasteiger partial charge in [-0.2, -0.15) is 0 Å². The normalized spacial score (nSPS) is 37.7. The summed E-state index contributed by atoms with van der Waals surface area (Å²) in [7, 11) is 0. The van der Waals surface area contributed by atoms with Gasteiger partial charge in [0.25, 0.3) is 0 Å². The lowest BCUT2D eigenvalue weighted by molar-refractivity contribution is -0.187. The van der Waals surface area contributed by atoms with Crippen LogP contribution in [0.1, 0.15) is 30.4 Å². The molecule has 2 aliphatic heterocycles. The van der Waals surface area contributed by atoms with Crippen molar-refractivity contribution < 1.29 is 19.7 Å². The van der Waals surface area contributed by atoms with E-state index in [4.69, 9.17) is 4.74 Å². The van der Waals surface area contributed by atoms with Crippen molar-refractivity contribution >= 4 is 18.2 Å². The van der Waals surface area contributed by atoms with Crippen LogP contribution in [0.3, 0.4) is 0 Å². The van der Waals surface area contributed by atoms with Crippen LogP contribution < -0.4 is 4.74 Å². The fourth-order valence-electron chi connectivity index (χ4n) is 5.80. The van der Waals surface area contributed by atoms with Crippen molar-refractivity contribution in [1.29, 1.82) is 0 Å². The fourth-order valence-corrected chi connectivity index (χ4v) is 5.80. The molecule has 1 aromatic carbocycles. The van der Waals surface area contributed by atoms with E-state index in [2.05, 4.69) is 11.5 Å². The van der Waals surface area contributed by atoms with Crippen LogP contribution in [0.25, 0.3) is 0 Å². The summed E-state index contributed by atoms with van der Waals surface area (Å²) in [5.74, 6) is 0.528. The number of phenolic OH excluding ortho intramolecular Hbond substituents is 1. The molecule has 6 heteroatoms. The Morgan fingerprint density at radius 3 is 2.96 bits per heavy atom. The van der Waals surface area contributed by atoms with E-state index in [0.29, 0.717) is 31.4 Å². The molecule has 5 nitrogen and oxygen atoms in total. The molecule has 2 fully saturated rings. The lowest BCUT2D eigenvalue weighted by Gasteiger charge is -2.62. The molecule has 4 atom stereocenters. The van der Waals surface area contributed by atoms with Crippen molar-refractivity contribution in [2.24, 2.45) is 0 Å². The topological polar surface area (TPSA) is 70.0 Å². The maximum absolute atomic E-state index is 12.6. The molecular formula is C19H22ClNO4. The number of ketones is 1. The molecule has 0 aromatic heterocycles. The Labute approximate surface area is 152 Å². The maximum Gasteiger partial charge on any atom is 0.174 e. The van der Waals surface area contributed by atoms with Crippen molar-refractivity contribution in [3.8, 4) is 11.5 Å². The highest BCUT2D eigenvalue weighted by molar-refractivity contribution is 5.90. The molecule has 1 aromatic rings. The second-order valence-electron chi connectivity index (χ2n) is 7.56. The van der Waals surface area contributed by atoms with Crippen molar-refractivity contribution in [3.63, 3.8) is 0 Å². The van der Waals surface area contributed by atoms with E-state index in [1.54, 1.807) is 6.07 Å². The van der Waals surface area contributed by atoms with Crippen LogP contribution in [0.15, 0.2) is 24.8 Å². The summed E-state index contributed by atoms with van der Waals surface area (Å²) >= 11 is 0. The fraction of sp³-hybridized carbons (Fsp3) is 0.526. The van der Waals surface area contributed by atoms with Gasteiger partial charge in [-0.05, 0) is 30.9 Å². The highest BCUT2D eigenvalue weighted by atomic mass is 35.5. The van der Waals surface area contributed by atoms with E-state index in [-0.39, 0.29) is 30.0 Å². The first-order valence-electron chi connectivity index (χ1n) is 8.65. The van der Waals surface area contributed by atoms with E-state index in [1.807, 2.05) is 12.1 Å². The van der Waals surface area contributed by atoms with Gasteiger partial charge in [-0.15, -0.1) is 19.0 Å². The standard InChI is InChI=1S/C19H21NO4.ClH/c1-2-8-20-9-7-18-15-11-3-4-12(21)16(15)24-17(18)13(22)5-6-19(18,23)14(20)10-11;/h2-4,14,17,21,23H,1,5-10H2;1H/t14-,17?,18+,19?;/m1./s1. The van der Waals surface area contributed by atoms with Crippen LogP contribution in [0.5, 0.6) is 11.5 Å². The number of piperidine rings is 1.